The van der Waals surface area contributed by atoms with Crippen molar-refractivity contribution in [2.75, 3.05) is 18.1 Å². The van der Waals surface area contributed by atoms with Crippen LogP contribution in [0.3, 0.4) is 0 Å². The summed E-state index contributed by atoms with van der Waals surface area (Å²) in [4.78, 5) is 22.6. The fourth-order valence-electron chi connectivity index (χ4n) is 1.98. The molecule has 0 aliphatic carbocycles. The number of hydrogen-bond donors (Lipinski definition) is 3. The van der Waals surface area contributed by atoms with Gasteiger partial charge in [-0.25, -0.2) is 0 Å². The van der Waals surface area contributed by atoms with Crippen molar-refractivity contribution in [1.29, 1.82) is 0 Å². The number of ketones is 1. The zero-order valence-electron chi connectivity index (χ0n) is 11.1. The molecule has 108 valence electrons. The summed E-state index contributed by atoms with van der Waals surface area (Å²) in [6.07, 6.45) is 1.35. The molecule has 0 saturated carbocycles. The van der Waals surface area contributed by atoms with Gasteiger partial charge in [0.1, 0.15) is 5.78 Å². The van der Waals surface area contributed by atoms with E-state index in [0.29, 0.717) is 31.6 Å². The topological polar surface area (TPSA) is 102 Å². The molecule has 0 aromatic heterocycles. The minimum Gasteiger partial charge on any atom is -0.426 e. The number of carbonyl (C=O) groups excluding carboxylic acids is 2. The fourth-order valence-corrected chi connectivity index (χ4v) is 2.56. The number of amides is 1. The van der Waals surface area contributed by atoms with Crippen molar-refractivity contribution in [3.05, 3.63) is 0 Å². The largest absolute Gasteiger partial charge is 0.478 e. The molecule has 0 bridgehead atoms. The third kappa shape index (κ3) is 6.42. The lowest BCUT2D eigenvalue weighted by molar-refractivity contribution is -0.121. The number of Topliss-reactive ketones (excluding diaryl/α,β-unsaturated/α-hetero) is 1. The van der Waals surface area contributed by atoms with Crippen LogP contribution in [0.2, 0.25) is 0 Å². The second-order valence-electron chi connectivity index (χ2n) is 4.65. The molecule has 0 spiro atoms. The molecule has 1 saturated heterocycles. The van der Waals surface area contributed by atoms with Gasteiger partial charge in [0.25, 0.3) is 0 Å². The van der Waals surface area contributed by atoms with E-state index in [9.17, 15) is 14.6 Å². The van der Waals surface area contributed by atoms with Crippen LogP contribution < -0.4 is 11.1 Å². The Kier molecular flexibility index (Phi) is 7.44. The summed E-state index contributed by atoms with van der Waals surface area (Å²) in [5.74, 6) is 0.581. The maximum absolute atomic E-state index is 11.6. The highest BCUT2D eigenvalue weighted by molar-refractivity contribution is 7.99. The summed E-state index contributed by atoms with van der Waals surface area (Å²) < 4.78 is 5.33. The third-order valence-corrected chi connectivity index (χ3v) is 3.82. The van der Waals surface area contributed by atoms with E-state index in [4.69, 9.17) is 10.4 Å². The van der Waals surface area contributed by atoms with Crippen LogP contribution in [0, 0.1) is 0 Å². The Morgan fingerprint density at radius 2 is 2.26 bits per heavy atom. The van der Waals surface area contributed by atoms with Crippen LogP contribution in [0.4, 0.5) is 0 Å². The van der Waals surface area contributed by atoms with Crippen LogP contribution in [0.25, 0.3) is 0 Å². The average molecular weight is 288 g/mol. The Labute approximate surface area is 118 Å². The molecule has 0 aromatic carbocycles. The van der Waals surface area contributed by atoms with Crippen molar-refractivity contribution in [2.24, 2.45) is 5.73 Å². The summed E-state index contributed by atoms with van der Waals surface area (Å²) >= 11 is 1.46. The van der Waals surface area contributed by atoms with Gasteiger partial charge in [-0.15, -0.1) is 0 Å². The smallest absolute Gasteiger partial charge is 0.426 e. The van der Waals surface area contributed by atoms with Gasteiger partial charge >= 0.3 is 7.12 Å². The summed E-state index contributed by atoms with van der Waals surface area (Å²) in [6.45, 7) is 2.04. The highest BCUT2D eigenvalue weighted by Crippen LogP contribution is 2.18. The first-order valence-electron chi connectivity index (χ1n) is 6.43. The van der Waals surface area contributed by atoms with Crippen LogP contribution in [-0.4, -0.2) is 53.9 Å². The van der Waals surface area contributed by atoms with Gasteiger partial charge in [-0.2, -0.15) is 11.8 Å². The van der Waals surface area contributed by atoms with Gasteiger partial charge in [0.15, 0.2) is 0 Å². The lowest BCUT2D eigenvalue weighted by Gasteiger charge is -2.31. The van der Waals surface area contributed by atoms with Gasteiger partial charge in [0.2, 0.25) is 5.91 Å². The minimum atomic E-state index is -1.04. The maximum Gasteiger partial charge on any atom is 0.478 e. The molecule has 19 heavy (non-hydrogen) atoms. The van der Waals surface area contributed by atoms with Gasteiger partial charge in [-0.3, -0.25) is 9.59 Å². The second-order valence-corrected chi connectivity index (χ2v) is 5.75. The predicted octanol–water partition coefficient (Wildman–Crippen LogP) is -0.659. The van der Waals surface area contributed by atoms with Crippen molar-refractivity contribution >= 4 is 30.6 Å². The summed E-state index contributed by atoms with van der Waals surface area (Å²) in [7, 11) is -1.04. The standard InChI is InChI=1S/C11H21BN2O4S/c1-8(15)6-9-2-3-10(12(17)18-9)14-11(16)7-19-5-4-13/h9-10,17H,2-7,13H2,1H3,(H,14,16)/t9-,10-/m0/s1. The molecule has 8 heteroatoms. The van der Waals surface area contributed by atoms with E-state index in [2.05, 4.69) is 5.32 Å². The Bertz CT molecular complexity index is 319. The molecule has 0 aromatic rings. The van der Waals surface area contributed by atoms with Crippen LogP contribution in [0.15, 0.2) is 0 Å². The predicted molar refractivity (Wildman–Crippen MR) is 75.7 cm³/mol. The first-order valence-corrected chi connectivity index (χ1v) is 7.58. The van der Waals surface area contributed by atoms with Crippen molar-refractivity contribution in [2.45, 2.75) is 38.2 Å². The zero-order chi connectivity index (χ0) is 14.3. The number of nitrogens with one attached hydrogen (secondary N) is 1. The van der Waals surface area contributed by atoms with E-state index >= 15 is 0 Å². The molecule has 0 unspecified atom stereocenters. The first kappa shape index (κ1) is 16.5. The van der Waals surface area contributed by atoms with E-state index in [0.717, 1.165) is 5.75 Å². The quantitative estimate of drug-likeness (QED) is 0.425. The maximum atomic E-state index is 11.6. The monoisotopic (exact) mass is 288 g/mol. The summed E-state index contributed by atoms with van der Waals surface area (Å²) in [5.41, 5.74) is 5.34. The van der Waals surface area contributed by atoms with Crippen LogP contribution in [0.5, 0.6) is 0 Å². The van der Waals surface area contributed by atoms with Crippen molar-refractivity contribution in [1.82, 2.24) is 5.32 Å². The fraction of sp³-hybridized carbons (Fsp3) is 0.818. The highest BCUT2D eigenvalue weighted by Gasteiger charge is 2.36. The molecule has 4 N–H and O–H groups in total. The molecule has 1 heterocycles. The summed E-state index contributed by atoms with van der Waals surface area (Å²) in [6, 6.07) is 0. The van der Waals surface area contributed by atoms with E-state index in [-0.39, 0.29) is 17.8 Å². The molecule has 1 aliphatic rings. The third-order valence-electron chi connectivity index (χ3n) is 2.83. The number of carbonyl (C=O) groups is 2. The second kappa shape index (κ2) is 8.57. The van der Waals surface area contributed by atoms with E-state index in [1.54, 1.807) is 0 Å². The molecule has 1 fully saturated rings. The molecule has 1 aliphatic heterocycles. The van der Waals surface area contributed by atoms with Crippen LogP contribution in [0.1, 0.15) is 26.2 Å². The average Bonchev–Trinajstić information content (AvgIpc) is 2.32. The lowest BCUT2D eigenvalue weighted by Crippen LogP contribution is -2.53. The highest BCUT2D eigenvalue weighted by atomic mass is 32.2. The number of nitrogens with two attached hydrogens (primary N) is 1. The molecule has 2 atom stereocenters. The number of hydrogen-bond acceptors (Lipinski definition) is 6. The molecule has 1 rings (SSSR count). The Hall–Kier alpha value is -0.565. The van der Waals surface area contributed by atoms with Crippen LogP contribution >= 0.6 is 11.8 Å². The molecule has 0 radical (unpaired) electrons. The van der Waals surface area contributed by atoms with Gasteiger partial charge in [-0.05, 0) is 19.8 Å². The zero-order valence-corrected chi connectivity index (χ0v) is 11.9. The van der Waals surface area contributed by atoms with Crippen molar-refractivity contribution < 1.29 is 19.3 Å². The Morgan fingerprint density at radius 3 is 2.84 bits per heavy atom. The van der Waals surface area contributed by atoms with E-state index in [1.807, 2.05) is 0 Å². The van der Waals surface area contributed by atoms with E-state index in [1.165, 1.54) is 18.7 Å². The number of thioether (sulfide) groups is 1. The van der Waals surface area contributed by atoms with Gasteiger partial charge in [-0.1, -0.05) is 0 Å². The van der Waals surface area contributed by atoms with E-state index < -0.39 is 13.1 Å². The minimum absolute atomic E-state index is 0.0397. The SMILES string of the molecule is CC(=O)C[C@@H]1CC[C@H](NC(=O)CSCCN)B(O)O1. The van der Waals surface area contributed by atoms with Gasteiger partial charge < -0.3 is 20.7 Å². The molecule has 1 amide bonds. The van der Waals surface area contributed by atoms with Gasteiger partial charge in [0, 0.05) is 24.8 Å². The Balaban J connectivity index is 2.29. The Morgan fingerprint density at radius 1 is 1.53 bits per heavy atom. The first-order chi connectivity index (χ1) is 9.02. The molecular formula is C11H21BN2O4S. The van der Waals surface area contributed by atoms with Gasteiger partial charge in [0.05, 0.1) is 11.7 Å². The van der Waals surface area contributed by atoms with Crippen LogP contribution in [-0.2, 0) is 14.2 Å². The number of rotatable bonds is 7. The molecule has 6 nitrogen and oxygen atoms in total. The lowest BCUT2D eigenvalue weighted by atomic mass is 9.72. The summed E-state index contributed by atoms with van der Waals surface area (Å²) in [5, 5.41) is 12.5. The van der Waals surface area contributed by atoms with Crippen molar-refractivity contribution in [3.63, 3.8) is 0 Å². The molecular weight excluding hydrogens is 267 g/mol. The van der Waals surface area contributed by atoms with Crippen molar-refractivity contribution in [3.8, 4) is 0 Å². The normalized spacial score (nSPS) is 23.2.